The van der Waals surface area contributed by atoms with Crippen LogP contribution in [0.25, 0.3) is 0 Å². The van der Waals surface area contributed by atoms with Crippen LogP contribution >= 0.6 is 0 Å². The Balaban J connectivity index is 3.07. The zero-order valence-corrected chi connectivity index (χ0v) is 10.0. The molecular formula is C12H20O3. The molecule has 15 heavy (non-hydrogen) atoms. The lowest BCUT2D eigenvalue weighted by molar-refractivity contribution is -0.161. The fraction of sp³-hybridized carbons (Fsp3) is 0.833. The van der Waals surface area contributed by atoms with E-state index in [4.69, 9.17) is 4.74 Å². The Hall–Kier alpha value is -0.860. The van der Waals surface area contributed by atoms with Crippen LogP contribution in [0.15, 0.2) is 0 Å². The molecule has 2 atom stereocenters. The van der Waals surface area contributed by atoms with Crippen molar-refractivity contribution in [1.29, 1.82) is 0 Å². The summed E-state index contributed by atoms with van der Waals surface area (Å²) in [6.45, 7) is 5.67. The van der Waals surface area contributed by atoms with Gasteiger partial charge in [0.15, 0.2) is 5.78 Å². The largest absolute Gasteiger partial charge is 0.468 e. The SMILES string of the molecule is COC(=O)C1(C(=O)C(C)C)CCCC1C. The first-order valence-electron chi connectivity index (χ1n) is 5.59. The highest BCUT2D eigenvalue weighted by Crippen LogP contribution is 2.46. The second-order valence-electron chi connectivity index (χ2n) is 4.78. The highest BCUT2D eigenvalue weighted by molar-refractivity contribution is 6.05. The third kappa shape index (κ3) is 1.80. The van der Waals surface area contributed by atoms with Gasteiger partial charge in [-0.05, 0) is 18.8 Å². The summed E-state index contributed by atoms with van der Waals surface area (Å²) in [4.78, 5) is 24.0. The van der Waals surface area contributed by atoms with E-state index in [-0.39, 0.29) is 23.6 Å². The van der Waals surface area contributed by atoms with Gasteiger partial charge in [0.2, 0.25) is 0 Å². The number of carbonyl (C=O) groups excluding carboxylic acids is 2. The number of esters is 1. The van der Waals surface area contributed by atoms with Gasteiger partial charge in [0.25, 0.3) is 0 Å². The van der Waals surface area contributed by atoms with Gasteiger partial charge in [-0.3, -0.25) is 9.59 Å². The van der Waals surface area contributed by atoms with Crippen molar-refractivity contribution in [3.63, 3.8) is 0 Å². The van der Waals surface area contributed by atoms with Crippen LogP contribution in [0.5, 0.6) is 0 Å². The zero-order chi connectivity index (χ0) is 11.6. The van der Waals surface area contributed by atoms with Gasteiger partial charge in [0, 0.05) is 5.92 Å². The third-order valence-electron chi connectivity index (χ3n) is 3.56. The maximum Gasteiger partial charge on any atom is 0.319 e. The van der Waals surface area contributed by atoms with Gasteiger partial charge in [-0.2, -0.15) is 0 Å². The van der Waals surface area contributed by atoms with Crippen molar-refractivity contribution in [2.75, 3.05) is 7.11 Å². The molecule has 0 aliphatic heterocycles. The van der Waals surface area contributed by atoms with E-state index in [1.165, 1.54) is 7.11 Å². The molecule has 1 rings (SSSR count). The van der Waals surface area contributed by atoms with Gasteiger partial charge < -0.3 is 4.74 Å². The highest BCUT2D eigenvalue weighted by atomic mass is 16.5. The van der Waals surface area contributed by atoms with E-state index in [0.717, 1.165) is 12.8 Å². The average molecular weight is 212 g/mol. The molecule has 86 valence electrons. The van der Waals surface area contributed by atoms with Gasteiger partial charge in [0.1, 0.15) is 5.41 Å². The van der Waals surface area contributed by atoms with E-state index >= 15 is 0 Å². The van der Waals surface area contributed by atoms with Crippen LogP contribution in [0, 0.1) is 17.3 Å². The molecule has 0 amide bonds. The topological polar surface area (TPSA) is 43.4 Å². The summed E-state index contributed by atoms with van der Waals surface area (Å²) in [6, 6.07) is 0. The molecular weight excluding hydrogens is 192 g/mol. The van der Waals surface area contributed by atoms with Gasteiger partial charge in [-0.15, -0.1) is 0 Å². The number of ketones is 1. The van der Waals surface area contributed by atoms with Crippen LogP contribution < -0.4 is 0 Å². The Bertz CT molecular complexity index is 270. The lowest BCUT2D eigenvalue weighted by Gasteiger charge is -2.30. The lowest BCUT2D eigenvalue weighted by Crippen LogP contribution is -2.44. The first-order valence-corrected chi connectivity index (χ1v) is 5.59. The Labute approximate surface area is 91.2 Å². The number of ether oxygens (including phenoxy) is 1. The molecule has 2 unspecified atom stereocenters. The summed E-state index contributed by atoms with van der Waals surface area (Å²) in [5.74, 6) is -0.296. The minimum atomic E-state index is -0.858. The molecule has 0 bridgehead atoms. The smallest absolute Gasteiger partial charge is 0.319 e. The minimum absolute atomic E-state index is 0.0411. The van der Waals surface area contributed by atoms with Crippen LogP contribution in [0.3, 0.4) is 0 Å². The van der Waals surface area contributed by atoms with E-state index < -0.39 is 5.41 Å². The lowest BCUT2D eigenvalue weighted by atomic mass is 9.72. The molecule has 0 heterocycles. The predicted octanol–water partition coefficient (Wildman–Crippen LogP) is 2.19. The molecule has 0 radical (unpaired) electrons. The van der Waals surface area contributed by atoms with Crippen molar-refractivity contribution < 1.29 is 14.3 Å². The molecule has 3 nitrogen and oxygen atoms in total. The van der Waals surface area contributed by atoms with E-state index in [1.807, 2.05) is 20.8 Å². The molecule has 0 aromatic rings. The maximum atomic E-state index is 12.2. The normalized spacial score (nSPS) is 30.6. The van der Waals surface area contributed by atoms with Gasteiger partial charge in [-0.25, -0.2) is 0 Å². The number of methoxy groups -OCH3 is 1. The van der Waals surface area contributed by atoms with Crippen molar-refractivity contribution in [3.8, 4) is 0 Å². The highest BCUT2D eigenvalue weighted by Gasteiger charge is 2.53. The van der Waals surface area contributed by atoms with E-state index in [0.29, 0.717) is 6.42 Å². The number of hydrogen-bond acceptors (Lipinski definition) is 3. The second kappa shape index (κ2) is 4.33. The van der Waals surface area contributed by atoms with Crippen molar-refractivity contribution >= 4 is 11.8 Å². The van der Waals surface area contributed by atoms with Crippen LogP contribution in [0.4, 0.5) is 0 Å². The maximum absolute atomic E-state index is 12.2. The predicted molar refractivity (Wildman–Crippen MR) is 57.3 cm³/mol. The van der Waals surface area contributed by atoms with Crippen molar-refractivity contribution in [2.45, 2.75) is 40.0 Å². The number of Topliss-reactive ketones (excluding diaryl/α,β-unsaturated/α-hetero) is 1. The number of hydrogen-bond donors (Lipinski definition) is 0. The Morgan fingerprint density at radius 1 is 1.40 bits per heavy atom. The summed E-state index contributed by atoms with van der Waals surface area (Å²) in [6.07, 6.45) is 2.53. The van der Waals surface area contributed by atoms with Gasteiger partial charge in [-0.1, -0.05) is 27.2 Å². The number of rotatable bonds is 3. The summed E-state index contributed by atoms with van der Waals surface area (Å²) in [5, 5.41) is 0. The van der Waals surface area contributed by atoms with Crippen LogP contribution in [0.1, 0.15) is 40.0 Å². The van der Waals surface area contributed by atoms with E-state index in [9.17, 15) is 9.59 Å². The van der Waals surface area contributed by atoms with Gasteiger partial charge in [0.05, 0.1) is 7.11 Å². The van der Waals surface area contributed by atoms with Crippen molar-refractivity contribution in [2.24, 2.45) is 17.3 Å². The standard InChI is InChI=1S/C12H20O3/c1-8(2)10(13)12(11(14)15-4)7-5-6-9(12)3/h8-9H,5-7H2,1-4H3. The zero-order valence-electron chi connectivity index (χ0n) is 10.0. The Morgan fingerprint density at radius 2 is 2.00 bits per heavy atom. The average Bonchev–Trinajstić information content (AvgIpc) is 2.58. The first-order chi connectivity index (χ1) is 6.96. The summed E-state index contributed by atoms with van der Waals surface area (Å²) < 4.78 is 4.82. The number of carbonyl (C=O) groups is 2. The van der Waals surface area contributed by atoms with Crippen LogP contribution in [-0.4, -0.2) is 18.9 Å². The van der Waals surface area contributed by atoms with Crippen molar-refractivity contribution in [1.82, 2.24) is 0 Å². The summed E-state index contributed by atoms with van der Waals surface area (Å²) >= 11 is 0. The van der Waals surface area contributed by atoms with E-state index in [2.05, 4.69) is 0 Å². The van der Waals surface area contributed by atoms with Crippen LogP contribution in [0.2, 0.25) is 0 Å². The molecule has 0 aromatic heterocycles. The van der Waals surface area contributed by atoms with Crippen molar-refractivity contribution in [3.05, 3.63) is 0 Å². The molecule has 1 saturated carbocycles. The molecule has 0 saturated heterocycles. The summed E-state index contributed by atoms with van der Waals surface area (Å²) in [7, 11) is 1.36. The van der Waals surface area contributed by atoms with Gasteiger partial charge >= 0.3 is 5.97 Å². The van der Waals surface area contributed by atoms with E-state index in [1.54, 1.807) is 0 Å². The molecule has 1 aliphatic rings. The molecule has 0 aromatic carbocycles. The molecule has 0 spiro atoms. The fourth-order valence-corrected chi connectivity index (χ4v) is 2.65. The second-order valence-corrected chi connectivity index (χ2v) is 4.78. The first kappa shape index (κ1) is 12.2. The molecule has 0 N–H and O–H groups in total. The molecule has 1 fully saturated rings. The summed E-state index contributed by atoms with van der Waals surface area (Å²) in [5.41, 5.74) is -0.858. The monoisotopic (exact) mass is 212 g/mol. The Morgan fingerprint density at radius 3 is 2.33 bits per heavy atom. The molecule has 1 aliphatic carbocycles. The Kier molecular flexibility index (Phi) is 3.53. The van der Waals surface area contributed by atoms with Crippen LogP contribution in [-0.2, 0) is 14.3 Å². The fourth-order valence-electron chi connectivity index (χ4n) is 2.65. The quantitative estimate of drug-likeness (QED) is 0.532. The molecule has 3 heteroatoms. The minimum Gasteiger partial charge on any atom is -0.468 e. The third-order valence-corrected chi connectivity index (χ3v) is 3.56.